The Morgan fingerprint density at radius 3 is 0.487 bits per heavy atom. The molecule has 7 heteroatoms. The van der Waals surface area contributed by atoms with E-state index in [1.807, 2.05) is 157 Å². The summed E-state index contributed by atoms with van der Waals surface area (Å²) in [5.74, 6) is 0. The number of fused-ring (bicyclic) bond motifs is 9. The smallest absolute Gasteiger partial charge is 0.115 e. The van der Waals surface area contributed by atoms with Crippen molar-refractivity contribution in [3.05, 3.63) is 238 Å². The van der Waals surface area contributed by atoms with Gasteiger partial charge >= 0.3 is 0 Å². The Hall–Kier alpha value is -7.77. The molecule has 7 aromatic carbocycles. The summed E-state index contributed by atoms with van der Waals surface area (Å²) >= 11 is 0. The third kappa shape index (κ3) is 33.1. The number of aromatic nitrogens is 7. The summed E-state index contributed by atoms with van der Waals surface area (Å²) in [6.07, 6.45) is 18.1. The molecular formula is C69H99N7. The van der Waals surface area contributed by atoms with E-state index in [9.17, 15) is 0 Å². The van der Waals surface area contributed by atoms with Crippen LogP contribution in [0.2, 0.25) is 0 Å². The summed E-state index contributed by atoms with van der Waals surface area (Å²) in [5, 5.41) is 13.3. The lowest BCUT2D eigenvalue weighted by molar-refractivity contribution is 1.17. The zero-order valence-corrected chi connectivity index (χ0v) is 50.6. The Morgan fingerprint density at radius 2 is 0.342 bits per heavy atom. The van der Waals surface area contributed by atoms with Gasteiger partial charge in [-0.25, -0.2) is 29.9 Å². The second kappa shape index (κ2) is 63.3. The Bertz CT molecular complexity index is 2250. The molecule has 0 aliphatic heterocycles. The monoisotopic (exact) mass is 1030 g/mol. The Labute approximate surface area is 463 Å². The molecule has 0 aliphatic rings. The molecule has 4 aromatic heterocycles. The van der Waals surface area contributed by atoms with Crippen LogP contribution in [0, 0.1) is 0 Å². The lowest BCUT2D eigenvalue weighted by Gasteiger charge is -2.09. The minimum absolute atomic E-state index is 1.31. The van der Waals surface area contributed by atoms with Gasteiger partial charge in [-0.15, -0.1) is 0 Å². The van der Waals surface area contributed by atoms with Crippen molar-refractivity contribution >= 4 is 53.9 Å². The van der Waals surface area contributed by atoms with Gasteiger partial charge in [0.2, 0.25) is 0 Å². The average Bonchev–Trinajstić information content (AvgIpc) is 3.58. The summed E-state index contributed by atoms with van der Waals surface area (Å²) in [5.41, 5.74) is 0. The number of nitrogens with zero attached hydrogens (tertiary/aromatic N) is 7. The van der Waals surface area contributed by atoms with Gasteiger partial charge in [-0.05, 0) is 84.2 Å². The van der Waals surface area contributed by atoms with Crippen LogP contribution in [-0.2, 0) is 0 Å². The van der Waals surface area contributed by atoms with E-state index in [0.717, 1.165) is 0 Å². The molecule has 0 radical (unpaired) electrons. The normalized spacial score (nSPS) is 8.00. The minimum Gasteiger partial charge on any atom is -0.265 e. The lowest BCUT2D eigenvalue weighted by atomic mass is 9.95. The topological polar surface area (TPSA) is 90.2 Å². The molecule has 0 atom stereocenters. The van der Waals surface area contributed by atoms with E-state index in [0.29, 0.717) is 0 Å². The molecule has 0 saturated heterocycles. The third-order valence-corrected chi connectivity index (χ3v) is 8.31. The number of rotatable bonds is 0. The molecule has 11 rings (SSSR count). The van der Waals surface area contributed by atoms with E-state index in [1.54, 1.807) is 67.8 Å². The van der Waals surface area contributed by atoms with Crippen LogP contribution in [0.1, 0.15) is 138 Å². The van der Waals surface area contributed by atoms with Gasteiger partial charge in [0.1, 0.15) is 19.0 Å². The van der Waals surface area contributed by atoms with Gasteiger partial charge in [-0.1, -0.05) is 278 Å². The molecule has 0 fully saturated rings. The maximum atomic E-state index is 3.78. The number of pyridine rings is 1. The summed E-state index contributed by atoms with van der Waals surface area (Å²) in [6.45, 7) is 40.0. The van der Waals surface area contributed by atoms with Crippen LogP contribution in [-0.4, -0.2) is 34.9 Å². The molecule has 410 valence electrons. The Balaban J connectivity index is -0.000000260. The first-order valence-corrected chi connectivity index (χ1v) is 28.0. The summed E-state index contributed by atoms with van der Waals surface area (Å²) in [7, 11) is 0. The summed E-state index contributed by atoms with van der Waals surface area (Å²) in [6, 6.07) is 58.4. The fourth-order valence-electron chi connectivity index (χ4n) is 5.89. The van der Waals surface area contributed by atoms with Gasteiger partial charge in [0.15, 0.2) is 0 Å². The zero-order chi connectivity index (χ0) is 58.3. The third-order valence-electron chi connectivity index (χ3n) is 8.31. The van der Waals surface area contributed by atoms with Gasteiger partial charge in [-0.3, -0.25) is 4.98 Å². The first-order valence-electron chi connectivity index (χ1n) is 28.0. The molecule has 0 saturated carbocycles. The van der Waals surface area contributed by atoms with Crippen LogP contribution in [0.4, 0.5) is 0 Å². The first-order chi connectivity index (χ1) is 37.9. The molecule has 4 heterocycles. The predicted molar refractivity (Wildman–Crippen MR) is 344 cm³/mol. The van der Waals surface area contributed by atoms with E-state index in [2.05, 4.69) is 168 Å². The second-order valence-electron chi connectivity index (χ2n) is 11.9. The van der Waals surface area contributed by atoms with Crippen LogP contribution in [0.5, 0.6) is 0 Å². The average molecular weight is 1030 g/mol. The van der Waals surface area contributed by atoms with Gasteiger partial charge in [0.25, 0.3) is 0 Å². The summed E-state index contributed by atoms with van der Waals surface area (Å²) in [4.78, 5) is 25.8. The molecule has 7 nitrogen and oxygen atoms in total. The highest BCUT2D eigenvalue weighted by atomic mass is 14.8. The minimum atomic E-state index is 1.31. The maximum Gasteiger partial charge on any atom is 0.115 e. The molecule has 0 amide bonds. The van der Waals surface area contributed by atoms with Crippen LogP contribution in [0.3, 0.4) is 0 Å². The number of benzene rings is 7. The largest absolute Gasteiger partial charge is 0.265 e. The van der Waals surface area contributed by atoms with Crippen LogP contribution < -0.4 is 0 Å². The van der Waals surface area contributed by atoms with Crippen molar-refractivity contribution in [3.63, 3.8) is 0 Å². The fourth-order valence-corrected chi connectivity index (χ4v) is 5.89. The number of hydrogen-bond donors (Lipinski definition) is 0. The van der Waals surface area contributed by atoms with Crippen molar-refractivity contribution in [2.24, 2.45) is 0 Å². The molecule has 11 aromatic rings. The van der Waals surface area contributed by atoms with E-state index < -0.39 is 0 Å². The maximum absolute atomic E-state index is 3.78. The van der Waals surface area contributed by atoms with Crippen molar-refractivity contribution in [1.29, 1.82) is 0 Å². The highest BCUT2D eigenvalue weighted by Crippen LogP contribution is 2.34. The lowest BCUT2D eigenvalue weighted by Crippen LogP contribution is -1.81. The quantitative estimate of drug-likeness (QED) is 0.140. The van der Waals surface area contributed by atoms with Crippen LogP contribution >= 0.6 is 0 Å². The Morgan fingerprint density at radius 1 is 0.158 bits per heavy atom. The van der Waals surface area contributed by atoms with Crippen molar-refractivity contribution in [2.45, 2.75) is 138 Å². The van der Waals surface area contributed by atoms with Gasteiger partial charge in [0, 0.05) is 49.6 Å². The first kappa shape index (κ1) is 77.1. The van der Waals surface area contributed by atoms with Gasteiger partial charge in [-0.2, -0.15) is 0 Å². The highest BCUT2D eigenvalue weighted by Gasteiger charge is 2.06. The molecule has 0 spiro atoms. The van der Waals surface area contributed by atoms with Crippen molar-refractivity contribution < 1.29 is 0 Å². The Kier molecular flexibility index (Phi) is 64.3. The van der Waals surface area contributed by atoms with Crippen molar-refractivity contribution in [2.75, 3.05) is 0 Å². The molecule has 76 heavy (non-hydrogen) atoms. The predicted octanol–water partition coefficient (Wildman–Crippen LogP) is 21.9. The summed E-state index contributed by atoms with van der Waals surface area (Å²) < 4.78 is 0. The van der Waals surface area contributed by atoms with E-state index >= 15 is 0 Å². The van der Waals surface area contributed by atoms with E-state index in [-0.39, 0.29) is 0 Å². The van der Waals surface area contributed by atoms with E-state index in [1.165, 1.54) is 72.8 Å². The van der Waals surface area contributed by atoms with Crippen molar-refractivity contribution in [1.82, 2.24) is 34.9 Å². The van der Waals surface area contributed by atoms with E-state index in [4.69, 9.17) is 0 Å². The van der Waals surface area contributed by atoms with Crippen LogP contribution in [0.25, 0.3) is 53.9 Å². The SMILES string of the molecule is CC.CC.CC.CC.CC.CC.CC.CC.CC.CC.c1ccc2c(c1)c1ccccc1c1ccccc21.c1ccc2c(c1)ccc1ccccc12.c1ccncc1.c1cncnc1.c1cncnc1.c1cncnc1. The van der Waals surface area contributed by atoms with Crippen LogP contribution in [0.15, 0.2) is 238 Å². The number of hydrogen-bond acceptors (Lipinski definition) is 7. The molecule has 0 aliphatic carbocycles. The van der Waals surface area contributed by atoms with Gasteiger partial charge < -0.3 is 0 Å². The highest BCUT2D eigenvalue weighted by molar-refractivity contribution is 6.25. The standard InChI is InChI=1S/C18H12.C14H10.C5H5N.3C4H4N2.10C2H6/c1-2-8-14-13(7-1)15-9-3-4-11-17(15)18-12-6-5-10-16(14)18;1-3-7-13-11(5-1)9-10-12-6-2-4-8-14(12)13;1-2-4-6-5-3-1;3*1-2-5-4-6-3-1;10*1-2/h1-12H;1-10H;1-5H;3*1-4H;10*1-2H3. The van der Waals surface area contributed by atoms with Crippen molar-refractivity contribution in [3.8, 4) is 0 Å². The second-order valence-corrected chi connectivity index (χ2v) is 11.9. The fraction of sp³-hybridized carbons (Fsp3) is 0.290. The van der Waals surface area contributed by atoms with Gasteiger partial charge in [0.05, 0.1) is 0 Å². The zero-order valence-electron chi connectivity index (χ0n) is 50.6. The molecular weight excluding hydrogens is 927 g/mol. The molecule has 0 bridgehead atoms. The molecule has 0 N–H and O–H groups in total. The molecule has 0 unspecified atom stereocenters.